The molecule has 0 heterocycles. The minimum absolute atomic E-state index is 0.652. The topological polar surface area (TPSA) is 40.5 Å². The van der Waals surface area contributed by atoms with Crippen molar-refractivity contribution in [2.24, 2.45) is 0 Å². The molecule has 0 aliphatic carbocycles. The van der Waals surface area contributed by atoms with E-state index in [1.165, 1.54) is 11.6 Å². The molecule has 0 saturated carbocycles. The fourth-order valence-electron chi connectivity index (χ4n) is 1.69. The number of aliphatic carboxylic acids is 1. The van der Waals surface area contributed by atoms with Crippen molar-refractivity contribution in [1.82, 2.24) is 4.90 Å². The van der Waals surface area contributed by atoms with Gasteiger partial charge in [0.1, 0.15) is 0 Å². The normalized spacial score (nSPS) is 11.9. The van der Waals surface area contributed by atoms with E-state index in [1.807, 2.05) is 26.1 Å². The first-order valence-corrected chi connectivity index (χ1v) is 6.10. The maximum atomic E-state index is 10.5. The number of carboxylic acids is 1. The number of rotatable bonds is 5. The Balaban J connectivity index is 2.55. The Bertz CT molecular complexity index is 429. The summed E-state index contributed by atoms with van der Waals surface area (Å²) < 4.78 is 1.06. The molecule has 0 bridgehead atoms. The number of likely N-dealkylation sites (N-methyl/N-ethyl adjacent to an activating group) is 1. The Morgan fingerprint density at radius 3 is 2.82 bits per heavy atom. The molecule has 0 aliphatic rings. The molecule has 1 rings (SSSR count). The van der Waals surface area contributed by atoms with Crippen LogP contribution in [0.25, 0.3) is 0 Å². The van der Waals surface area contributed by atoms with E-state index in [4.69, 9.17) is 5.11 Å². The lowest BCUT2D eigenvalue weighted by molar-refractivity contribution is -0.131. The van der Waals surface area contributed by atoms with Crippen LogP contribution >= 0.6 is 15.9 Å². The average Bonchev–Trinajstić information content (AvgIpc) is 2.14. The van der Waals surface area contributed by atoms with E-state index in [2.05, 4.69) is 33.0 Å². The molecule has 1 N–H and O–H groups in total. The van der Waals surface area contributed by atoms with Gasteiger partial charge in [-0.3, -0.25) is 4.90 Å². The Hall–Kier alpha value is -1.13. The number of nitrogens with zero attached hydrogens (tertiary/aromatic N) is 1. The molecule has 4 heteroatoms. The van der Waals surface area contributed by atoms with Crippen LogP contribution in [0.4, 0.5) is 0 Å². The fourth-order valence-corrected chi connectivity index (χ4v) is 2.13. The maximum absolute atomic E-state index is 10.5. The highest BCUT2D eigenvalue weighted by atomic mass is 79.9. The molecule has 92 valence electrons. The Morgan fingerprint density at radius 2 is 2.24 bits per heavy atom. The largest absolute Gasteiger partial charge is 0.478 e. The van der Waals surface area contributed by atoms with Gasteiger partial charge >= 0.3 is 5.97 Å². The molecule has 0 amide bonds. The first-order chi connectivity index (χ1) is 7.97. The predicted molar refractivity (Wildman–Crippen MR) is 71.9 cm³/mol. The van der Waals surface area contributed by atoms with Gasteiger partial charge in [0, 0.05) is 23.6 Å². The van der Waals surface area contributed by atoms with Crippen LogP contribution in [0.15, 0.2) is 40.4 Å². The lowest BCUT2D eigenvalue weighted by Gasteiger charge is -2.17. The van der Waals surface area contributed by atoms with E-state index in [0.29, 0.717) is 6.54 Å². The van der Waals surface area contributed by atoms with Crippen molar-refractivity contribution in [3.8, 4) is 0 Å². The SMILES string of the molecule is CC(=CC(=O)O)CN(C)Cc1cccc(Br)c1. The van der Waals surface area contributed by atoms with Crippen molar-refractivity contribution in [2.45, 2.75) is 13.5 Å². The zero-order chi connectivity index (χ0) is 12.8. The monoisotopic (exact) mass is 297 g/mol. The van der Waals surface area contributed by atoms with E-state index in [0.717, 1.165) is 16.6 Å². The van der Waals surface area contributed by atoms with Gasteiger partial charge < -0.3 is 5.11 Å². The van der Waals surface area contributed by atoms with Crippen molar-refractivity contribution >= 4 is 21.9 Å². The van der Waals surface area contributed by atoms with Crippen LogP contribution < -0.4 is 0 Å². The van der Waals surface area contributed by atoms with E-state index in [9.17, 15) is 4.79 Å². The van der Waals surface area contributed by atoms with E-state index >= 15 is 0 Å². The molecule has 0 aromatic heterocycles. The number of carboxylic acid groups (broad SMARTS) is 1. The molecule has 0 saturated heterocycles. The van der Waals surface area contributed by atoms with E-state index < -0.39 is 5.97 Å². The van der Waals surface area contributed by atoms with Gasteiger partial charge in [-0.2, -0.15) is 0 Å². The molecule has 1 aromatic carbocycles. The molecule has 1 aromatic rings. The number of hydrogen-bond donors (Lipinski definition) is 1. The second kappa shape index (κ2) is 6.57. The van der Waals surface area contributed by atoms with E-state index in [1.54, 1.807) is 0 Å². The summed E-state index contributed by atoms with van der Waals surface area (Å²) >= 11 is 3.43. The fraction of sp³-hybridized carbons (Fsp3) is 0.308. The summed E-state index contributed by atoms with van der Waals surface area (Å²) in [5.74, 6) is -0.890. The summed E-state index contributed by atoms with van der Waals surface area (Å²) in [4.78, 5) is 12.6. The van der Waals surface area contributed by atoms with Gasteiger partial charge in [-0.1, -0.05) is 33.6 Å². The number of hydrogen-bond acceptors (Lipinski definition) is 2. The summed E-state index contributed by atoms with van der Waals surface area (Å²) in [7, 11) is 1.97. The molecule has 0 aliphatic heterocycles. The molecule has 0 radical (unpaired) electrons. The van der Waals surface area contributed by atoms with E-state index in [-0.39, 0.29) is 0 Å². The van der Waals surface area contributed by atoms with Gasteiger partial charge in [0.25, 0.3) is 0 Å². The summed E-state index contributed by atoms with van der Waals surface area (Å²) in [5, 5.41) is 8.62. The summed E-state index contributed by atoms with van der Waals surface area (Å²) in [5.41, 5.74) is 2.04. The lowest BCUT2D eigenvalue weighted by Crippen LogP contribution is -2.20. The summed E-state index contributed by atoms with van der Waals surface area (Å²) in [6, 6.07) is 8.09. The predicted octanol–water partition coefficient (Wildman–Crippen LogP) is 2.91. The van der Waals surface area contributed by atoms with Gasteiger partial charge in [-0.05, 0) is 31.7 Å². The molecule has 0 spiro atoms. The third-order valence-electron chi connectivity index (χ3n) is 2.23. The van der Waals surface area contributed by atoms with Crippen LogP contribution in [0.3, 0.4) is 0 Å². The van der Waals surface area contributed by atoms with Gasteiger partial charge in [-0.25, -0.2) is 4.79 Å². The molecule has 0 unspecified atom stereocenters. The zero-order valence-electron chi connectivity index (χ0n) is 9.98. The first-order valence-electron chi connectivity index (χ1n) is 5.30. The molecule has 0 fully saturated rings. The van der Waals surface area contributed by atoms with Gasteiger partial charge in [0.05, 0.1) is 0 Å². The number of benzene rings is 1. The van der Waals surface area contributed by atoms with Crippen LogP contribution in [0.2, 0.25) is 0 Å². The molecule has 3 nitrogen and oxygen atoms in total. The molecular formula is C13H16BrNO2. The number of halogens is 1. The third kappa shape index (κ3) is 5.65. The molecular weight excluding hydrogens is 282 g/mol. The highest BCUT2D eigenvalue weighted by Crippen LogP contribution is 2.13. The Labute approximate surface area is 110 Å². The summed E-state index contributed by atoms with van der Waals surface area (Å²) in [6.07, 6.45) is 1.25. The highest BCUT2D eigenvalue weighted by molar-refractivity contribution is 9.10. The van der Waals surface area contributed by atoms with Crippen molar-refractivity contribution in [3.05, 3.63) is 46.0 Å². The minimum atomic E-state index is -0.890. The molecule has 17 heavy (non-hydrogen) atoms. The maximum Gasteiger partial charge on any atom is 0.328 e. The Kier molecular flexibility index (Phi) is 5.38. The van der Waals surface area contributed by atoms with Crippen LogP contribution in [0.1, 0.15) is 12.5 Å². The van der Waals surface area contributed by atoms with Crippen molar-refractivity contribution < 1.29 is 9.90 Å². The Morgan fingerprint density at radius 1 is 1.53 bits per heavy atom. The smallest absolute Gasteiger partial charge is 0.328 e. The third-order valence-corrected chi connectivity index (χ3v) is 2.72. The standard InChI is InChI=1S/C13H16BrNO2/c1-10(6-13(16)17)8-15(2)9-11-4-3-5-12(14)7-11/h3-7H,8-9H2,1-2H3,(H,16,17). The van der Waals surface area contributed by atoms with Gasteiger partial charge in [0.2, 0.25) is 0 Å². The second-order valence-electron chi connectivity index (χ2n) is 4.13. The first kappa shape index (κ1) is 13.9. The highest BCUT2D eigenvalue weighted by Gasteiger charge is 2.03. The van der Waals surface area contributed by atoms with Gasteiger partial charge in [-0.15, -0.1) is 0 Å². The quantitative estimate of drug-likeness (QED) is 0.850. The lowest BCUT2D eigenvalue weighted by atomic mass is 10.2. The second-order valence-corrected chi connectivity index (χ2v) is 5.05. The minimum Gasteiger partial charge on any atom is -0.478 e. The van der Waals surface area contributed by atoms with Crippen LogP contribution in [0, 0.1) is 0 Å². The van der Waals surface area contributed by atoms with Crippen molar-refractivity contribution in [1.29, 1.82) is 0 Å². The zero-order valence-corrected chi connectivity index (χ0v) is 11.6. The van der Waals surface area contributed by atoms with Gasteiger partial charge in [0.15, 0.2) is 0 Å². The number of carbonyl (C=O) groups is 1. The van der Waals surface area contributed by atoms with Crippen LogP contribution in [-0.2, 0) is 11.3 Å². The summed E-state index contributed by atoms with van der Waals surface area (Å²) in [6.45, 7) is 3.27. The van der Waals surface area contributed by atoms with Crippen LogP contribution in [0.5, 0.6) is 0 Å². The van der Waals surface area contributed by atoms with Crippen molar-refractivity contribution in [2.75, 3.05) is 13.6 Å². The van der Waals surface area contributed by atoms with Crippen LogP contribution in [-0.4, -0.2) is 29.6 Å². The molecule has 0 atom stereocenters. The average molecular weight is 298 g/mol. The van der Waals surface area contributed by atoms with Crippen molar-refractivity contribution in [3.63, 3.8) is 0 Å².